The molecule has 1 atom stereocenters. The summed E-state index contributed by atoms with van der Waals surface area (Å²) in [6.07, 6.45) is 21.0. The molecule has 0 aromatic heterocycles. The summed E-state index contributed by atoms with van der Waals surface area (Å²) in [6, 6.07) is 4.35. The lowest BCUT2D eigenvalue weighted by Crippen LogP contribution is -2.25. The Labute approximate surface area is 269 Å². The van der Waals surface area contributed by atoms with Gasteiger partial charge < -0.3 is 20.6 Å². The minimum Gasteiger partial charge on any atom is -0.481 e. The molecule has 0 aliphatic heterocycles. The molecule has 9 heteroatoms. The minimum absolute atomic E-state index is 0.0255. The second-order valence-corrected chi connectivity index (χ2v) is 12.5. The quantitative estimate of drug-likeness (QED) is 0.0644. The van der Waals surface area contributed by atoms with Crippen LogP contribution in [0.2, 0.25) is 0 Å². The number of Topliss-reactive ketones (excluding diaryl/α,β-unsaturated/α-hetero) is 1. The number of aromatic carboxylic acids is 1. The van der Waals surface area contributed by atoms with Crippen LogP contribution in [0.3, 0.4) is 0 Å². The predicted octanol–water partition coefficient (Wildman–Crippen LogP) is 8.22. The van der Waals surface area contributed by atoms with E-state index in [9.17, 15) is 29.1 Å². The first-order chi connectivity index (χ1) is 21.6. The number of carbonyl (C=O) groups excluding carboxylic acids is 2. The molecule has 0 unspecified atom stereocenters. The van der Waals surface area contributed by atoms with Crippen LogP contribution >= 0.6 is 0 Å². The van der Waals surface area contributed by atoms with Crippen molar-refractivity contribution in [3.63, 3.8) is 0 Å². The molecule has 0 aliphatic rings. The lowest BCUT2D eigenvalue weighted by atomic mass is 9.98. The van der Waals surface area contributed by atoms with Crippen molar-refractivity contribution >= 4 is 29.6 Å². The highest BCUT2D eigenvalue weighted by Gasteiger charge is 2.15. The van der Waals surface area contributed by atoms with E-state index in [0.29, 0.717) is 44.2 Å². The van der Waals surface area contributed by atoms with Crippen molar-refractivity contribution in [1.82, 2.24) is 5.32 Å². The van der Waals surface area contributed by atoms with Crippen LogP contribution in [-0.2, 0) is 20.8 Å². The summed E-state index contributed by atoms with van der Waals surface area (Å²) in [7, 11) is 0. The van der Waals surface area contributed by atoms with Gasteiger partial charge in [0.1, 0.15) is 5.78 Å². The highest BCUT2D eigenvalue weighted by molar-refractivity contribution is 5.98. The number of carboxylic acids is 3. The van der Waals surface area contributed by atoms with E-state index in [1.807, 2.05) is 0 Å². The maximum atomic E-state index is 12.6. The molecule has 0 spiro atoms. The Balaban J connectivity index is 2.16. The number of aliphatic carboxylic acids is 2. The minimum atomic E-state index is -1.15. The van der Waals surface area contributed by atoms with E-state index in [1.165, 1.54) is 76.3 Å². The molecule has 0 fully saturated rings. The Morgan fingerprint density at radius 1 is 0.600 bits per heavy atom. The number of rotatable bonds is 29. The summed E-state index contributed by atoms with van der Waals surface area (Å²) in [5, 5.41) is 29.8. The first-order valence-corrected chi connectivity index (χ1v) is 17.2. The standard InChI is InChI=1S/C36H57NO8/c1-28(35(42)43)20-18-19-23-37-34(41)30-24-29(25-31(27-30)36(44)45)26-32(38)21-16-14-12-10-8-6-4-2-3-5-7-9-11-13-15-17-22-33(39)40/h24-25,27-28H,2-23,26H2,1H3,(H,37,41)(H,39,40)(H,42,43)(H,44,45)/t28-/m0/s1. The molecule has 0 heterocycles. The first kappa shape index (κ1) is 39.8. The second kappa shape index (κ2) is 25.0. The molecule has 0 aliphatic carbocycles. The van der Waals surface area contributed by atoms with E-state index in [0.717, 1.165) is 38.5 Å². The molecule has 0 saturated carbocycles. The van der Waals surface area contributed by atoms with Crippen LogP contribution in [0.15, 0.2) is 18.2 Å². The number of carboxylic acid groups (broad SMARTS) is 3. The van der Waals surface area contributed by atoms with Crippen molar-refractivity contribution in [3.8, 4) is 0 Å². The topological polar surface area (TPSA) is 158 Å². The molecule has 0 radical (unpaired) electrons. The summed E-state index contributed by atoms with van der Waals surface area (Å²) < 4.78 is 0. The molecule has 4 N–H and O–H groups in total. The van der Waals surface area contributed by atoms with Gasteiger partial charge in [0, 0.05) is 31.4 Å². The fraction of sp³-hybridized carbons (Fsp3) is 0.694. The van der Waals surface area contributed by atoms with Gasteiger partial charge >= 0.3 is 17.9 Å². The Morgan fingerprint density at radius 2 is 1.07 bits per heavy atom. The fourth-order valence-corrected chi connectivity index (χ4v) is 5.44. The lowest BCUT2D eigenvalue weighted by Gasteiger charge is -2.10. The monoisotopic (exact) mass is 631 g/mol. The summed E-state index contributed by atoms with van der Waals surface area (Å²) >= 11 is 0. The lowest BCUT2D eigenvalue weighted by molar-refractivity contribution is -0.141. The molecule has 254 valence electrons. The summed E-state index contributed by atoms with van der Waals surface area (Å²) in [4.78, 5) is 58.2. The highest BCUT2D eigenvalue weighted by atomic mass is 16.4. The Kier molecular flexibility index (Phi) is 22.1. The summed E-state index contributed by atoms with van der Waals surface area (Å²) in [6.45, 7) is 2.01. The number of amides is 1. The van der Waals surface area contributed by atoms with Crippen LogP contribution in [0.25, 0.3) is 0 Å². The highest BCUT2D eigenvalue weighted by Crippen LogP contribution is 2.16. The third kappa shape index (κ3) is 21.2. The SMILES string of the molecule is C[C@@H](CCCCNC(=O)c1cc(CC(=O)CCCCCCCCCCCCCCCCCCC(=O)O)cc(C(=O)O)c1)C(=O)O. The van der Waals surface area contributed by atoms with Crippen LogP contribution in [0, 0.1) is 5.92 Å². The van der Waals surface area contributed by atoms with Gasteiger partial charge in [0.05, 0.1) is 11.5 Å². The van der Waals surface area contributed by atoms with E-state index in [4.69, 9.17) is 10.2 Å². The van der Waals surface area contributed by atoms with Gasteiger partial charge in [0.25, 0.3) is 5.91 Å². The van der Waals surface area contributed by atoms with Crippen LogP contribution in [0.4, 0.5) is 0 Å². The third-order valence-electron chi connectivity index (χ3n) is 8.27. The smallest absolute Gasteiger partial charge is 0.335 e. The van der Waals surface area contributed by atoms with Gasteiger partial charge in [-0.05, 0) is 49.4 Å². The maximum Gasteiger partial charge on any atom is 0.335 e. The Bertz CT molecular complexity index is 1040. The number of hydrogen-bond donors (Lipinski definition) is 4. The zero-order valence-corrected chi connectivity index (χ0v) is 27.5. The number of nitrogens with one attached hydrogen (secondary N) is 1. The zero-order chi connectivity index (χ0) is 33.3. The van der Waals surface area contributed by atoms with Gasteiger partial charge in [-0.1, -0.05) is 103 Å². The van der Waals surface area contributed by atoms with Crippen molar-refractivity contribution in [2.75, 3.05) is 6.54 Å². The van der Waals surface area contributed by atoms with E-state index >= 15 is 0 Å². The van der Waals surface area contributed by atoms with Gasteiger partial charge in [-0.3, -0.25) is 19.2 Å². The normalized spacial score (nSPS) is 11.7. The average Bonchev–Trinajstić information content (AvgIpc) is 2.99. The number of hydrogen-bond acceptors (Lipinski definition) is 5. The van der Waals surface area contributed by atoms with Crippen molar-refractivity contribution < 1.29 is 39.3 Å². The fourth-order valence-electron chi connectivity index (χ4n) is 5.44. The Hall–Kier alpha value is -3.23. The molecular weight excluding hydrogens is 574 g/mol. The maximum absolute atomic E-state index is 12.6. The van der Waals surface area contributed by atoms with Gasteiger partial charge in [-0.15, -0.1) is 0 Å². The molecule has 1 rings (SSSR count). The van der Waals surface area contributed by atoms with Gasteiger partial charge in [-0.25, -0.2) is 4.79 Å². The third-order valence-corrected chi connectivity index (χ3v) is 8.27. The van der Waals surface area contributed by atoms with E-state index < -0.39 is 29.7 Å². The second-order valence-electron chi connectivity index (χ2n) is 12.5. The van der Waals surface area contributed by atoms with Crippen LogP contribution in [-0.4, -0.2) is 51.5 Å². The average molecular weight is 632 g/mol. The summed E-state index contributed by atoms with van der Waals surface area (Å²) in [5.74, 6) is -3.49. The van der Waals surface area contributed by atoms with Crippen molar-refractivity contribution in [2.24, 2.45) is 5.92 Å². The van der Waals surface area contributed by atoms with Crippen LogP contribution in [0.5, 0.6) is 0 Å². The van der Waals surface area contributed by atoms with Gasteiger partial charge in [0.15, 0.2) is 0 Å². The van der Waals surface area contributed by atoms with Gasteiger partial charge in [-0.2, -0.15) is 0 Å². The van der Waals surface area contributed by atoms with Crippen molar-refractivity contribution in [3.05, 3.63) is 34.9 Å². The van der Waals surface area contributed by atoms with E-state index in [2.05, 4.69) is 5.32 Å². The molecule has 1 aromatic rings. The number of carbonyl (C=O) groups is 5. The molecular formula is C36H57NO8. The number of benzene rings is 1. The Morgan fingerprint density at radius 3 is 1.53 bits per heavy atom. The molecule has 45 heavy (non-hydrogen) atoms. The van der Waals surface area contributed by atoms with Gasteiger partial charge in [0.2, 0.25) is 0 Å². The molecule has 0 bridgehead atoms. The van der Waals surface area contributed by atoms with E-state index in [-0.39, 0.29) is 23.3 Å². The number of unbranched alkanes of at least 4 members (excludes halogenated alkanes) is 16. The van der Waals surface area contributed by atoms with Crippen LogP contribution < -0.4 is 5.32 Å². The first-order valence-electron chi connectivity index (χ1n) is 17.2. The van der Waals surface area contributed by atoms with E-state index in [1.54, 1.807) is 13.0 Å². The molecule has 1 amide bonds. The van der Waals surface area contributed by atoms with Crippen molar-refractivity contribution in [2.45, 2.75) is 148 Å². The number of ketones is 1. The van der Waals surface area contributed by atoms with Crippen LogP contribution in [0.1, 0.15) is 168 Å². The molecule has 1 aromatic carbocycles. The van der Waals surface area contributed by atoms with Crippen molar-refractivity contribution in [1.29, 1.82) is 0 Å². The largest absolute Gasteiger partial charge is 0.481 e. The zero-order valence-electron chi connectivity index (χ0n) is 27.5. The molecule has 9 nitrogen and oxygen atoms in total. The summed E-state index contributed by atoms with van der Waals surface area (Å²) in [5.41, 5.74) is 0.703. The predicted molar refractivity (Wildman–Crippen MR) is 176 cm³/mol. The molecule has 0 saturated heterocycles.